The summed E-state index contributed by atoms with van der Waals surface area (Å²) in [6, 6.07) is 7.11. The molecule has 1 unspecified atom stereocenters. The molecule has 1 aromatic rings. The molecule has 0 radical (unpaired) electrons. The Balaban J connectivity index is 2.73. The van der Waals surface area contributed by atoms with Gasteiger partial charge in [-0.25, -0.2) is 0 Å². The summed E-state index contributed by atoms with van der Waals surface area (Å²) in [4.78, 5) is 14.1. The minimum absolute atomic E-state index is 0.0453. The average molecular weight is 293 g/mol. The smallest absolute Gasteiger partial charge is 0.227 e. The molecule has 1 aromatic carbocycles. The van der Waals surface area contributed by atoms with Gasteiger partial charge in [-0.3, -0.25) is 4.79 Å². The predicted octanol–water partition coefficient (Wildman–Crippen LogP) is 1.21. The first-order valence-electron chi connectivity index (χ1n) is 6.88. The number of benzene rings is 1. The fraction of sp³-hybridized carbons (Fsp3) is 0.467. The van der Waals surface area contributed by atoms with Crippen LogP contribution in [0, 0.1) is 0 Å². The van der Waals surface area contributed by atoms with E-state index in [1.807, 2.05) is 13.8 Å². The summed E-state index contributed by atoms with van der Waals surface area (Å²) in [5.74, 6) is 0.107. The van der Waals surface area contributed by atoms with Gasteiger partial charge in [0.15, 0.2) is 5.84 Å². The molecule has 1 rings (SSSR count). The van der Waals surface area contributed by atoms with Gasteiger partial charge in [-0.1, -0.05) is 29.4 Å². The highest BCUT2D eigenvalue weighted by Crippen LogP contribution is 2.09. The summed E-state index contributed by atoms with van der Waals surface area (Å²) in [6.07, 6.45) is 0.318. The predicted molar refractivity (Wildman–Crippen MR) is 81.4 cm³/mol. The molecule has 6 heteroatoms. The van der Waals surface area contributed by atoms with Crippen LogP contribution in [0.3, 0.4) is 0 Å². The van der Waals surface area contributed by atoms with Crippen LogP contribution in [0.5, 0.6) is 0 Å². The molecule has 1 atom stereocenters. The molecule has 0 saturated heterocycles. The van der Waals surface area contributed by atoms with Crippen molar-refractivity contribution in [3.63, 3.8) is 0 Å². The van der Waals surface area contributed by atoms with Crippen LogP contribution in [-0.2, 0) is 16.0 Å². The van der Waals surface area contributed by atoms with Gasteiger partial charge in [-0.05, 0) is 19.4 Å². The molecule has 0 heterocycles. The Morgan fingerprint density at radius 3 is 2.52 bits per heavy atom. The maximum Gasteiger partial charge on any atom is 0.227 e. The Hall–Kier alpha value is -2.08. The highest BCUT2D eigenvalue weighted by Gasteiger charge is 2.18. The molecule has 0 fully saturated rings. The van der Waals surface area contributed by atoms with Crippen molar-refractivity contribution in [1.82, 2.24) is 4.90 Å². The van der Waals surface area contributed by atoms with E-state index in [0.717, 1.165) is 5.56 Å². The van der Waals surface area contributed by atoms with Crippen LogP contribution in [0.4, 0.5) is 0 Å². The van der Waals surface area contributed by atoms with Crippen LogP contribution in [0.25, 0.3) is 0 Å². The topological polar surface area (TPSA) is 88.2 Å². The minimum atomic E-state index is 0.0453. The summed E-state index contributed by atoms with van der Waals surface area (Å²) in [5.41, 5.74) is 7.01. The molecule has 0 aliphatic carbocycles. The lowest BCUT2D eigenvalue weighted by Crippen LogP contribution is -2.41. The van der Waals surface area contributed by atoms with Gasteiger partial charge in [-0.2, -0.15) is 0 Å². The van der Waals surface area contributed by atoms with Crippen molar-refractivity contribution >= 4 is 11.7 Å². The van der Waals surface area contributed by atoms with Gasteiger partial charge in [-0.15, -0.1) is 0 Å². The van der Waals surface area contributed by atoms with E-state index >= 15 is 0 Å². The third-order valence-corrected chi connectivity index (χ3v) is 3.31. The van der Waals surface area contributed by atoms with Gasteiger partial charge < -0.3 is 20.6 Å². The van der Waals surface area contributed by atoms with Crippen molar-refractivity contribution in [2.24, 2.45) is 10.9 Å². The summed E-state index contributed by atoms with van der Waals surface area (Å²) >= 11 is 0. The number of nitrogens with two attached hydrogens (primary N) is 1. The van der Waals surface area contributed by atoms with Gasteiger partial charge in [0.2, 0.25) is 5.91 Å². The van der Waals surface area contributed by atoms with E-state index in [2.05, 4.69) is 5.16 Å². The number of nitrogens with zero attached hydrogens (tertiary/aromatic N) is 2. The van der Waals surface area contributed by atoms with E-state index in [1.165, 1.54) is 0 Å². The van der Waals surface area contributed by atoms with E-state index in [1.54, 1.807) is 36.3 Å². The number of amides is 1. The van der Waals surface area contributed by atoms with Crippen LogP contribution >= 0.6 is 0 Å². The third kappa shape index (κ3) is 4.75. The minimum Gasteiger partial charge on any atom is -0.409 e. The number of ether oxygens (including phenoxy) is 1. The first kappa shape index (κ1) is 17.0. The molecule has 0 bridgehead atoms. The average Bonchev–Trinajstić information content (AvgIpc) is 2.48. The van der Waals surface area contributed by atoms with E-state index in [4.69, 9.17) is 15.7 Å². The second-order valence-electron chi connectivity index (χ2n) is 4.84. The molecule has 1 amide bonds. The molecule has 3 N–H and O–H groups in total. The summed E-state index contributed by atoms with van der Waals surface area (Å²) < 4.78 is 5.10. The lowest BCUT2D eigenvalue weighted by molar-refractivity contribution is -0.133. The Labute approximate surface area is 125 Å². The molecular weight excluding hydrogens is 270 g/mol. The van der Waals surface area contributed by atoms with Crippen molar-refractivity contribution in [3.8, 4) is 0 Å². The van der Waals surface area contributed by atoms with Crippen LogP contribution in [0.15, 0.2) is 29.4 Å². The molecule has 0 aromatic heterocycles. The molecule has 116 valence electrons. The SMILES string of the molecule is CCN(C(=O)Cc1ccc(C(N)=NO)cc1)C(C)COC. The van der Waals surface area contributed by atoms with Gasteiger partial charge in [0.05, 0.1) is 19.1 Å². The van der Waals surface area contributed by atoms with Crippen molar-refractivity contribution < 1.29 is 14.7 Å². The standard InChI is InChI=1S/C15H23N3O3/c1-4-18(11(2)10-21-3)14(19)9-12-5-7-13(8-6-12)15(16)17-20/h5-8,11,20H,4,9-10H2,1-3H3,(H2,16,17). The zero-order chi connectivity index (χ0) is 15.8. The van der Waals surface area contributed by atoms with E-state index in [9.17, 15) is 4.79 Å². The van der Waals surface area contributed by atoms with Crippen molar-refractivity contribution in [2.45, 2.75) is 26.3 Å². The molecule has 0 aliphatic heterocycles. The number of likely N-dealkylation sites (N-methyl/N-ethyl adjacent to an activating group) is 1. The number of carbonyl (C=O) groups is 1. The zero-order valence-electron chi connectivity index (χ0n) is 12.7. The molecule has 21 heavy (non-hydrogen) atoms. The summed E-state index contributed by atoms with van der Waals surface area (Å²) in [5, 5.41) is 11.5. The summed E-state index contributed by atoms with van der Waals surface area (Å²) in [7, 11) is 1.63. The number of oxime groups is 1. The molecule has 6 nitrogen and oxygen atoms in total. The fourth-order valence-corrected chi connectivity index (χ4v) is 2.19. The van der Waals surface area contributed by atoms with Crippen molar-refractivity contribution in [1.29, 1.82) is 0 Å². The first-order valence-corrected chi connectivity index (χ1v) is 6.88. The quantitative estimate of drug-likeness (QED) is 0.342. The largest absolute Gasteiger partial charge is 0.409 e. The van der Waals surface area contributed by atoms with Crippen LogP contribution in [0.1, 0.15) is 25.0 Å². The molecule has 0 spiro atoms. The number of hydrogen-bond donors (Lipinski definition) is 2. The lowest BCUT2D eigenvalue weighted by Gasteiger charge is -2.27. The van der Waals surface area contributed by atoms with Crippen LogP contribution in [0.2, 0.25) is 0 Å². The fourth-order valence-electron chi connectivity index (χ4n) is 2.19. The highest BCUT2D eigenvalue weighted by molar-refractivity contribution is 5.97. The monoisotopic (exact) mass is 293 g/mol. The molecule has 0 aliphatic rings. The maximum absolute atomic E-state index is 12.3. The van der Waals surface area contributed by atoms with Crippen molar-refractivity contribution in [2.75, 3.05) is 20.3 Å². The third-order valence-electron chi connectivity index (χ3n) is 3.31. The normalized spacial score (nSPS) is 13.0. The van der Waals surface area contributed by atoms with Crippen molar-refractivity contribution in [3.05, 3.63) is 35.4 Å². The number of hydrogen-bond acceptors (Lipinski definition) is 4. The zero-order valence-corrected chi connectivity index (χ0v) is 12.7. The molecule has 0 saturated carbocycles. The Morgan fingerprint density at radius 2 is 2.05 bits per heavy atom. The van der Waals surface area contributed by atoms with E-state index in [0.29, 0.717) is 25.1 Å². The number of carbonyl (C=O) groups excluding carboxylic acids is 1. The Bertz CT molecular complexity index is 485. The van der Waals surface area contributed by atoms with Gasteiger partial charge in [0, 0.05) is 19.2 Å². The van der Waals surface area contributed by atoms with E-state index < -0.39 is 0 Å². The van der Waals surface area contributed by atoms with E-state index in [-0.39, 0.29) is 17.8 Å². The molecular formula is C15H23N3O3. The Morgan fingerprint density at radius 1 is 1.43 bits per heavy atom. The van der Waals surface area contributed by atoms with Crippen LogP contribution < -0.4 is 5.73 Å². The van der Waals surface area contributed by atoms with Gasteiger partial charge in [0.25, 0.3) is 0 Å². The number of rotatable bonds is 7. The first-order chi connectivity index (χ1) is 10.0. The van der Waals surface area contributed by atoms with Gasteiger partial charge >= 0.3 is 0 Å². The number of amidine groups is 1. The lowest BCUT2D eigenvalue weighted by atomic mass is 10.1. The second-order valence-corrected chi connectivity index (χ2v) is 4.84. The summed E-state index contributed by atoms with van der Waals surface area (Å²) in [6.45, 7) is 5.07. The maximum atomic E-state index is 12.3. The highest BCUT2D eigenvalue weighted by atomic mass is 16.5. The van der Waals surface area contributed by atoms with Crippen LogP contribution in [-0.4, -0.2) is 48.2 Å². The Kier molecular flexibility index (Phi) is 6.68. The van der Waals surface area contributed by atoms with Gasteiger partial charge in [0.1, 0.15) is 0 Å². The second kappa shape index (κ2) is 8.26. The number of methoxy groups -OCH3 is 1.